The van der Waals surface area contributed by atoms with Gasteiger partial charge in [0, 0.05) is 25.0 Å². The Hall–Kier alpha value is -1.69. The summed E-state index contributed by atoms with van der Waals surface area (Å²) in [6, 6.07) is 0.420. The minimum Gasteiger partial charge on any atom is -0.363 e. The van der Waals surface area contributed by atoms with E-state index in [4.69, 9.17) is 0 Å². The van der Waals surface area contributed by atoms with Crippen LogP contribution in [-0.2, 0) is 0 Å². The first kappa shape index (κ1) is 11.4. The normalized spacial score (nSPS) is 20.8. The number of nitrogens with zero attached hydrogens (tertiary/aromatic N) is 4. The molecule has 2 aromatic heterocycles. The molecule has 0 amide bonds. The third-order valence-corrected chi connectivity index (χ3v) is 3.39. The molecule has 0 saturated carbocycles. The molecule has 6 nitrogen and oxygen atoms in total. The number of anilines is 1. The summed E-state index contributed by atoms with van der Waals surface area (Å²) in [5.74, 6) is 1.71. The van der Waals surface area contributed by atoms with Gasteiger partial charge in [-0.1, -0.05) is 6.42 Å². The van der Waals surface area contributed by atoms with Crippen molar-refractivity contribution in [3.63, 3.8) is 0 Å². The maximum absolute atomic E-state index is 4.38. The number of aryl methyl sites for hydroxylation is 1. The van der Waals surface area contributed by atoms with Gasteiger partial charge >= 0.3 is 0 Å². The third kappa shape index (κ3) is 2.15. The minimum atomic E-state index is 0.420. The van der Waals surface area contributed by atoms with Crippen molar-refractivity contribution in [3.05, 3.63) is 18.2 Å². The maximum Gasteiger partial charge on any atom is 0.203 e. The van der Waals surface area contributed by atoms with Gasteiger partial charge in [0.05, 0.1) is 0 Å². The lowest BCUT2D eigenvalue weighted by atomic mass is 10.1. The standard InChI is InChI=1S/C12H18N6/c1-9-16-17-12-11(14-6-7-18(9)12)15-10-4-2-3-5-13-8-10/h6-7,10,13H,2-5,8H2,1H3,(H,14,15). The van der Waals surface area contributed by atoms with Gasteiger partial charge in [0.15, 0.2) is 5.82 Å². The lowest BCUT2D eigenvalue weighted by Crippen LogP contribution is -2.31. The molecule has 0 aromatic carbocycles. The van der Waals surface area contributed by atoms with Crippen LogP contribution in [0.4, 0.5) is 5.82 Å². The molecule has 1 atom stereocenters. The fraction of sp³-hybridized carbons (Fsp3) is 0.583. The Morgan fingerprint density at radius 2 is 2.33 bits per heavy atom. The maximum atomic E-state index is 4.38. The van der Waals surface area contributed by atoms with E-state index in [1.54, 1.807) is 6.20 Å². The molecule has 2 N–H and O–H groups in total. The predicted octanol–water partition coefficient (Wildman–Crippen LogP) is 0.987. The van der Waals surface area contributed by atoms with E-state index in [0.29, 0.717) is 6.04 Å². The van der Waals surface area contributed by atoms with E-state index in [2.05, 4.69) is 25.8 Å². The Morgan fingerprint density at radius 3 is 3.28 bits per heavy atom. The zero-order valence-electron chi connectivity index (χ0n) is 10.6. The second-order valence-electron chi connectivity index (χ2n) is 4.76. The van der Waals surface area contributed by atoms with Gasteiger partial charge in [-0.3, -0.25) is 4.40 Å². The van der Waals surface area contributed by atoms with Gasteiger partial charge in [-0.2, -0.15) is 0 Å². The summed E-state index contributed by atoms with van der Waals surface area (Å²) in [5, 5.41) is 15.2. The van der Waals surface area contributed by atoms with E-state index in [0.717, 1.165) is 30.4 Å². The Morgan fingerprint density at radius 1 is 1.39 bits per heavy atom. The molecular formula is C12H18N6. The Kier molecular flexibility index (Phi) is 3.10. The molecule has 6 heteroatoms. The van der Waals surface area contributed by atoms with Crippen molar-refractivity contribution in [1.82, 2.24) is 24.9 Å². The third-order valence-electron chi connectivity index (χ3n) is 3.39. The smallest absolute Gasteiger partial charge is 0.203 e. The molecule has 0 radical (unpaired) electrons. The summed E-state index contributed by atoms with van der Waals surface area (Å²) in [6.07, 6.45) is 7.35. The monoisotopic (exact) mass is 246 g/mol. The first-order valence-corrected chi connectivity index (χ1v) is 6.48. The van der Waals surface area contributed by atoms with Crippen molar-refractivity contribution < 1.29 is 0 Å². The van der Waals surface area contributed by atoms with E-state index < -0.39 is 0 Å². The minimum absolute atomic E-state index is 0.420. The average Bonchev–Trinajstić information content (AvgIpc) is 2.62. The molecular weight excluding hydrogens is 228 g/mol. The summed E-state index contributed by atoms with van der Waals surface area (Å²) in [6.45, 7) is 4.03. The number of aromatic nitrogens is 4. The van der Waals surface area contributed by atoms with Crippen LogP contribution in [0, 0.1) is 6.92 Å². The summed E-state index contributed by atoms with van der Waals surface area (Å²) in [4.78, 5) is 4.38. The highest BCUT2D eigenvalue weighted by molar-refractivity contribution is 5.62. The average molecular weight is 246 g/mol. The number of fused-ring (bicyclic) bond motifs is 1. The highest BCUT2D eigenvalue weighted by atomic mass is 15.3. The molecule has 0 aliphatic carbocycles. The lowest BCUT2D eigenvalue weighted by Gasteiger charge is -2.16. The van der Waals surface area contributed by atoms with E-state index in [9.17, 15) is 0 Å². The van der Waals surface area contributed by atoms with Crippen molar-refractivity contribution in [2.24, 2.45) is 0 Å². The molecule has 18 heavy (non-hydrogen) atoms. The van der Waals surface area contributed by atoms with Gasteiger partial charge in [0.25, 0.3) is 0 Å². The largest absolute Gasteiger partial charge is 0.363 e. The van der Waals surface area contributed by atoms with Crippen molar-refractivity contribution in [1.29, 1.82) is 0 Å². The summed E-state index contributed by atoms with van der Waals surface area (Å²) < 4.78 is 1.96. The number of rotatable bonds is 2. The van der Waals surface area contributed by atoms with Crippen molar-refractivity contribution in [3.8, 4) is 0 Å². The van der Waals surface area contributed by atoms with Crippen LogP contribution in [0.25, 0.3) is 5.65 Å². The van der Waals surface area contributed by atoms with Crippen LogP contribution in [0.5, 0.6) is 0 Å². The molecule has 0 bridgehead atoms. The molecule has 1 unspecified atom stereocenters. The van der Waals surface area contributed by atoms with Crippen LogP contribution in [-0.4, -0.2) is 38.7 Å². The second kappa shape index (κ2) is 4.89. The Bertz CT molecular complexity index is 526. The van der Waals surface area contributed by atoms with E-state index in [-0.39, 0.29) is 0 Å². The Balaban J connectivity index is 1.85. The van der Waals surface area contributed by atoms with Crippen LogP contribution < -0.4 is 10.6 Å². The highest BCUT2D eigenvalue weighted by Crippen LogP contribution is 2.15. The first-order valence-electron chi connectivity index (χ1n) is 6.48. The fourth-order valence-corrected chi connectivity index (χ4v) is 2.38. The van der Waals surface area contributed by atoms with E-state index in [1.165, 1.54) is 19.3 Å². The van der Waals surface area contributed by atoms with Crippen LogP contribution in [0.2, 0.25) is 0 Å². The summed E-state index contributed by atoms with van der Waals surface area (Å²) >= 11 is 0. The number of hydrogen-bond acceptors (Lipinski definition) is 5. The van der Waals surface area contributed by atoms with Gasteiger partial charge in [-0.05, 0) is 26.3 Å². The van der Waals surface area contributed by atoms with Crippen LogP contribution in [0.1, 0.15) is 25.1 Å². The molecule has 96 valence electrons. The molecule has 0 spiro atoms. The lowest BCUT2D eigenvalue weighted by molar-refractivity contribution is 0.634. The number of nitrogens with one attached hydrogen (secondary N) is 2. The molecule has 2 aromatic rings. The quantitative estimate of drug-likeness (QED) is 0.827. The summed E-state index contributed by atoms with van der Waals surface area (Å²) in [7, 11) is 0. The van der Waals surface area contributed by atoms with Gasteiger partial charge in [0.1, 0.15) is 5.82 Å². The Labute approximate surface area is 106 Å². The molecule has 3 rings (SSSR count). The van der Waals surface area contributed by atoms with E-state index in [1.807, 2.05) is 17.5 Å². The van der Waals surface area contributed by atoms with Gasteiger partial charge in [-0.15, -0.1) is 10.2 Å². The fourth-order valence-electron chi connectivity index (χ4n) is 2.38. The molecule has 1 aliphatic rings. The van der Waals surface area contributed by atoms with Crippen LogP contribution in [0.3, 0.4) is 0 Å². The SMILES string of the molecule is Cc1nnc2c(NC3CCCCNC3)nccn12. The number of hydrogen-bond donors (Lipinski definition) is 2. The topological polar surface area (TPSA) is 67.1 Å². The molecule has 1 fully saturated rings. The van der Waals surface area contributed by atoms with E-state index >= 15 is 0 Å². The van der Waals surface area contributed by atoms with Gasteiger partial charge in [-0.25, -0.2) is 4.98 Å². The predicted molar refractivity (Wildman–Crippen MR) is 69.7 cm³/mol. The summed E-state index contributed by atoms with van der Waals surface area (Å²) in [5.41, 5.74) is 0.805. The highest BCUT2D eigenvalue weighted by Gasteiger charge is 2.15. The van der Waals surface area contributed by atoms with Crippen LogP contribution in [0.15, 0.2) is 12.4 Å². The van der Waals surface area contributed by atoms with Crippen LogP contribution >= 0.6 is 0 Å². The van der Waals surface area contributed by atoms with Crippen molar-refractivity contribution in [2.45, 2.75) is 32.2 Å². The first-order chi connectivity index (χ1) is 8.84. The molecule has 1 saturated heterocycles. The molecule has 3 heterocycles. The van der Waals surface area contributed by atoms with Gasteiger partial charge < -0.3 is 10.6 Å². The molecule has 1 aliphatic heterocycles. The second-order valence-corrected chi connectivity index (χ2v) is 4.76. The zero-order chi connectivity index (χ0) is 12.4. The van der Waals surface area contributed by atoms with Gasteiger partial charge in [0.2, 0.25) is 5.65 Å². The zero-order valence-corrected chi connectivity index (χ0v) is 10.6. The van der Waals surface area contributed by atoms with Crippen molar-refractivity contribution in [2.75, 3.05) is 18.4 Å². The van der Waals surface area contributed by atoms with Crippen molar-refractivity contribution >= 4 is 11.5 Å².